The molecule has 0 saturated heterocycles. The molecule has 1 aromatic heterocycles. The maximum Gasteiger partial charge on any atom is 0.191 e. The number of rotatable bonds is 5. The fourth-order valence-corrected chi connectivity index (χ4v) is 3.49. The lowest BCUT2D eigenvalue weighted by molar-refractivity contribution is 0.645. The molecule has 4 nitrogen and oxygen atoms in total. The average Bonchev–Trinajstić information content (AvgIpc) is 3.23. The molecule has 24 heavy (non-hydrogen) atoms. The lowest BCUT2D eigenvalue weighted by atomic mass is 9.96. The monoisotopic (exact) mass is 476 g/mol. The van der Waals surface area contributed by atoms with Crippen molar-refractivity contribution in [2.24, 2.45) is 4.99 Å². The minimum absolute atomic E-state index is 0. The summed E-state index contributed by atoms with van der Waals surface area (Å²) in [6.45, 7) is 3.65. The summed E-state index contributed by atoms with van der Waals surface area (Å²) in [5, 5.41) is 8.63. The van der Waals surface area contributed by atoms with Gasteiger partial charge in [-0.15, -0.1) is 35.3 Å². The lowest BCUT2D eigenvalue weighted by Crippen LogP contribution is -2.40. The average molecular weight is 477 g/mol. The van der Waals surface area contributed by atoms with Gasteiger partial charge in [-0.05, 0) is 37.5 Å². The number of benzene rings is 1. The first-order valence-corrected chi connectivity index (χ1v) is 8.93. The summed E-state index contributed by atoms with van der Waals surface area (Å²) in [5.74, 6) is 0.818. The van der Waals surface area contributed by atoms with Crippen molar-refractivity contribution >= 4 is 52.9 Å². The number of nitrogens with one attached hydrogen (secondary N) is 2. The van der Waals surface area contributed by atoms with Crippen molar-refractivity contribution in [1.29, 1.82) is 0 Å². The van der Waals surface area contributed by atoms with E-state index in [2.05, 4.69) is 39.7 Å². The van der Waals surface area contributed by atoms with E-state index in [4.69, 9.17) is 11.6 Å². The molecule has 0 atom stereocenters. The van der Waals surface area contributed by atoms with Crippen molar-refractivity contribution in [3.63, 3.8) is 0 Å². The van der Waals surface area contributed by atoms with Gasteiger partial charge < -0.3 is 10.6 Å². The maximum absolute atomic E-state index is 5.98. The molecule has 1 aliphatic rings. The Labute approximate surface area is 169 Å². The van der Waals surface area contributed by atoms with Crippen molar-refractivity contribution in [3.8, 4) is 0 Å². The molecule has 1 aromatic carbocycles. The molecule has 0 spiro atoms. The van der Waals surface area contributed by atoms with Gasteiger partial charge in [0.2, 0.25) is 0 Å². The van der Waals surface area contributed by atoms with Gasteiger partial charge in [0, 0.05) is 35.1 Å². The number of aryl methyl sites for hydroxylation is 1. The maximum atomic E-state index is 5.98. The van der Waals surface area contributed by atoms with Crippen LogP contribution in [0.4, 0.5) is 0 Å². The second kappa shape index (κ2) is 8.49. The minimum atomic E-state index is 0. The van der Waals surface area contributed by atoms with E-state index in [0.717, 1.165) is 22.5 Å². The van der Waals surface area contributed by atoms with Crippen LogP contribution in [0.3, 0.4) is 0 Å². The molecular formula is C17H22ClIN4S. The zero-order valence-electron chi connectivity index (χ0n) is 13.8. The Morgan fingerprint density at radius 3 is 2.54 bits per heavy atom. The van der Waals surface area contributed by atoms with Crippen molar-refractivity contribution in [2.45, 2.75) is 31.7 Å². The van der Waals surface area contributed by atoms with Crippen LogP contribution in [-0.4, -0.2) is 24.5 Å². The topological polar surface area (TPSA) is 49.3 Å². The van der Waals surface area contributed by atoms with Gasteiger partial charge in [0.1, 0.15) is 5.01 Å². The Balaban J connectivity index is 0.00000208. The van der Waals surface area contributed by atoms with Gasteiger partial charge in [-0.25, -0.2) is 4.98 Å². The summed E-state index contributed by atoms with van der Waals surface area (Å²) >= 11 is 7.69. The van der Waals surface area contributed by atoms with Crippen LogP contribution >= 0.6 is 46.9 Å². The Bertz CT molecular complexity index is 695. The van der Waals surface area contributed by atoms with Gasteiger partial charge in [0.25, 0.3) is 0 Å². The molecule has 0 amide bonds. The van der Waals surface area contributed by atoms with E-state index in [1.807, 2.05) is 18.3 Å². The zero-order valence-corrected chi connectivity index (χ0v) is 17.7. The van der Waals surface area contributed by atoms with Crippen LogP contribution in [0.5, 0.6) is 0 Å². The smallest absolute Gasteiger partial charge is 0.191 e. The Kier molecular flexibility index (Phi) is 6.88. The number of hydrogen-bond donors (Lipinski definition) is 2. The summed E-state index contributed by atoms with van der Waals surface area (Å²) < 4.78 is 0. The molecule has 130 valence electrons. The molecule has 0 unspecified atom stereocenters. The zero-order chi connectivity index (χ0) is 16.3. The number of nitrogens with zero attached hydrogens (tertiary/aromatic N) is 2. The van der Waals surface area contributed by atoms with Crippen molar-refractivity contribution in [3.05, 3.63) is 50.9 Å². The van der Waals surface area contributed by atoms with E-state index in [1.165, 1.54) is 23.3 Å². The third-order valence-electron chi connectivity index (χ3n) is 4.20. The summed E-state index contributed by atoms with van der Waals surface area (Å²) in [6.07, 6.45) is 4.30. The predicted octanol–water partition coefficient (Wildman–Crippen LogP) is 4.12. The van der Waals surface area contributed by atoms with Gasteiger partial charge in [-0.1, -0.05) is 23.7 Å². The number of halogens is 2. The highest BCUT2D eigenvalue weighted by molar-refractivity contribution is 14.0. The quantitative estimate of drug-likeness (QED) is 0.388. The molecule has 1 fully saturated rings. The van der Waals surface area contributed by atoms with Crippen molar-refractivity contribution in [1.82, 2.24) is 15.6 Å². The third-order valence-corrected chi connectivity index (χ3v) is 5.37. The van der Waals surface area contributed by atoms with Crippen LogP contribution < -0.4 is 10.6 Å². The van der Waals surface area contributed by atoms with Gasteiger partial charge in [-0.2, -0.15) is 0 Å². The van der Waals surface area contributed by atoms with Gasteiger partial charge in [0.05, 0.1) is 6.54 Å². The molecule has 2 aromatic rings. The second-order valence-corrected chi connectivity index (χ2v) is 7.69. The van der Waals surface area contributed by atoms with Crippen LogP contribution in [0.15, 0.2) is 35.5 Å². The molecule has 2 N–H and O–H groups in total. The molecule has 1 saturated carbocycles. The Hall–Kier alpha value is -0.860. The Morgan fingerprint density at radius 2 is 2.00 bits per heavy atom. The van der Waals surface area contributed by atoms with E-state index in [1.54, 1.807) is 18.4 Å². The molecular weight excluding hydrogens is 455 g/mol. The van der Waals surface area contributed by atoms with Crippen LogP contribution in [0.1, 0.15) is 28.3 Å². The van der Waals surface area contributed by atoms with Crippen molar-refractivity contribution in [2.75, 3.05) is 13.6 Å². The highest BCUT2D eigenvalue weighted by Gasteiger charge is 2.44. The standard InChI is InChI=1S/C17H21ClN4S.HI/c1-12-9-20-15(23-12)10-21-16(19-2)22-11-17(7-8-17)13-3-5-14(18)6-4-13;/h3-6,9H,7-8,10-11H2,1-2H3,(H2,19,21,22);1H. The number of thiazole rings is 1. The molecule has 7 heteroatoms. The largest absolute Gasteiger partial charge is 0.356 e. The molecule has 1 heterocycles. The summed E-state index contributed by atoms with van der Waals surface area (Å²) in [6, 6.07) is 8.20. The first-order chi connectivity index (χ1) is 11.1. The Morgan fingerprint density at radius 1 is 1.29 bits per heavy atom. The first kappa shape index (κ1) is 19.5. The van der Waals surface area contributed by atoms with E-state index < -0.39 is 0 Å². The van der Waals surface area contributed by atoms with E-state index in [-0.39, 0.29) is 29.4 Å². The summed E-state index contributed by atoms with van der Waals surface area (Å²) in [7, 11) is 1.80. The number of hydrogen-bond acceptors (Lipinski definition) is 3. The number of guanidine groups is 1. The van der Waals surface area contributed by atoms with Crippen LogP contribution in [0.2, 0.25) is 5.02 Å². The highest BCUT2D eigenvalue weighted by Crippen LogP contribution is 2.47. The molecule has 1 aliphatic carbocycles. The minimum Gasteiger partial charge on any atom is -0.356 e. The van der Waals surface area contributed by atoms with E-state index >= 15 is 0 Å². The summed E-state index contributed by atoms with van der Waals surface area (Å²) in [4.78, 5) is 9.88. The normalized spacial score (nSPS) is 15.5. The molecule has 3 rings (SSSR count). The first-order valence-electron chi connectivity index (χ1n) is 7.73. The predicted molar refractivity (Wildman–Crippen MR) is 113 cm³/mol. The van der Waals surface area contributed by atoms with Gasteiger partial charge >= 0.3 is 0 Å². The van der Waals surface area contributed by atoms with Crippen molar-refractivity contribution < 1.29 is 0 Å². The highest BCUT2D eigenvalue weighted by atomic mass is 127. The third kappa shape index (κ3) is 4.83. The second-order valence-electron chi connectivity index (χ2n) is 5.93. The fourth-order valence-electron chi connectivity index (χ4n) is 2.64. The number of aromatic nitrogens is 1. The van der Waals surface area contributed by atoms with E-state index in [0.29, 0.717) is 6.54 Å². The lowest BCUT2D eigenvalue weighted by Gasteiger charge is -2.19. The SMILES string of the molecule is CN=C(NCc1ncc(C)s1)NCC1(c2ccc(Cl)cc2)CC1.I. The number of aliphatic imine (C=N–C) groups is 1. The van der Waals surface area contributed by atoms with Gasteiger partial charge in [0.15, 0.2) is 5.96 Å². The molecule has 0 bridgehead atoms. The van der Waals surface area contributed by atoms with Crippen LogP contribution in [0.25, 0.3) is 0 Å². The molecule has 0 aliphatic heterocycles. The van der Waals surface area contributed by atoms with E-state index in [9.17, 15) is 0 Å². The van der Waals surface area contributed by atoms with Crippen LogP contribution in [0, 0.1) is 6.92 Å². The molecule has 0 radical (unpaired) electrons. The summed E-state index contributed by atoms with van der Waals surface area (Å²) in [5.41, 5.74) is 1.57. The van der Waals surface area contributed by atoms with Gasteiger partial charge in [-0.3, -0.25) is 4.99 Å². The fraction of sp³-hybridized carbons (Fsp3) is 0.412. The van der Waals surface area contributed by atoms with Crippen LogP contribution in [-0.2, 0) is 12.0 Å².